The second-order valence-corrected chi connectivity index (χ2v) is 9.44. The normalized spacial score (nSPS) is 14.3. The Labute approximate surface area is 164 Å². The van der Waals surface area contributed by atoms with Gasteiger partial charge in [-0.05, 0) is 31.0 Å². The van der Waals surface area contributed by atoms with Crippen LogP contribution in [0.25, 0.3) is 21.8 Å². The molecule has 1 saturated carbocycles. The Morgan fingerprint density at radius 1 is 1.33 bits per heavy atom. The molecule has 10 heteroatoms. The summed E-state index contributed by atoms with van der Waals surface area (Å²) in [6.07, 6.45) is 6.15. The first-order chi connectivity index (χ1) is 12.8. The molecule has 6 nitrogen and oxygen atoms in total. The zero-order valence-electron chi connectivity index (χ0n) is 14.1. The van der Waals surface area contributed by atoms with Gasteiger partial charge in [-0.2, -0.15) is 0 Å². The molecule has 4 rings (SSSR count). The maximum Gasteiger partial charge on any atom is 0.229 e. The summed E-state index contributed by atoms with van der Waals surface area (Å²) in [7, 11) is -3.62. The molecule has 1 aliphatic carbocycles. The zero-order chi connectivity index (χ0) is 19.2. The summed E-state index contributed by atoms with van der Waals surface area (Å²) in [6, 6.07) is 4.05. The SMILES string of the molecule is CS(=O)(=O)Nc1cc(F)cc(-c2nc(C3CC3)sc2-c2ccncn2)c1Cl. The van der Waals surface area contributed by atoms with Gasteiger partial charge in [0.2, 0.25) is 10.0 Å². The van der Waals surface area contributed by atoms with Crippen molar-refractivity contribution in [2.24, 2.45) is 0 Å². The number of benzene rings is 1. The van der Waals surface area contributed by atoms with E-state index in [-0.39, 0.29) is 10.7 Å². The van der Waals surface area contributed by atoms with Crippen LogP contribution in [0.1, 0.15) is 23.8 Å². The number of rotatable bonds is 5. The van der Waals surface area contributed by atoms with E-state index in [2.05, 4.69) is 19.7 Å². The Kier molecular flexibility index (Phi) is 4.61. The van der Waals surface area contributed by atoms with Gasteiger partial charge in [-0.15, -0.1) is 11.3 Å². The van der Waals surface area contributed by atoms with Crippen LogP contribution in [0, 0.1) is 5.82 Å². The molecular formula is C17H14ClFN4O2S2. The molecule has 0 spiro atoms. The van der Waals surface area contributed by atoms with E-state index in [4.69, 9.17) is 11.6 Å². The van der Waals surface area contributed by atoms with Crippen molar-refractivity contribution in [3.05, 3.63) is 46.6 Å². The summed E-state index contributed by atoms with van der Waals surface area (Å²) in [4.78, 5) is 13.6. The molecule has 0 amide bonds. The number of sulfonamides is 1. The topological polar surface area (TPSA) is 84.8 Å². The largest absolute Gasteiger partial charge is 0.282 e. The molecule has 0 saturated heterocycles. The smallest absolute Gasteiger partial charge is 0.229 e. The Morgan fingerprint density at radius 3 is 2.74 bits per heavy atom. The summed E-state index contributed by atoms with van der Waals surface area (Å²) >= 11 is 7.91. The number of halogens is 2. The predicted molar refractivity (Wildman–Crippen MR) is 104 cm³/mol. The van der Waals surface area contributed by atoms with Crippen LogP contribution in [0.15, 0.2) is 30.7 Å². The van der Waals surface area contributed by atoms with Crippen LogP contribution in [0.5, 0.6) is 0 Å². The monoisotopic (exact) mass is 424 g/mol. The van der Waals surface area contributed by atoms with E-state index >= 15 is 0 Å². The molecule has 2 aromatic heterocycles. The van der Waals surface area contributed by atoms with Crippen molar-refractivity contribution in [2.75, 3.05) is 11.0 Å². The average Bonchev–Trinajstić information content (AvgIpc) is 3.36. The summed E-state index contributed by atoms with van der Waals surface area (Å²) < 4.78 is 39.6. The van der Waals surface area contributed by atoms with Gasteiger partial charge in [-0.25, -0.2) is 27.8 Å². The standard InChI is InChI=1S/C17H14ClFN4O2S2/c1-27(24,25)23-13-7-10(19)6-11(14(13)18)15-16(12-4-5-20-8-21-12)26-17(22-15)9-2-3-9/h4-9,23H,2-3H2,1H3. The first-order valence-electron chi connectivity index (χ1n) is 8.06. The number of hydrogen-bond donors (Lipinski definition) is 1. The van der Waals surface area contributed by atoms with Gasteiger partial charge in [0.15, 0.2) is 0 Å². The van der Waals surface area contributed by atoms with Gasteiger partial charge in [0, 0.05) is 17.7 Å². The van der Waals surface area contributed by atoms with Crippen LogP contribution in [0.3, 0.4) is 0 Å². The fourth-order valence-electron chi connectivity index (χ4n) is 2.66. The lowest BCUT2D eigenvalue weighted by Gasteiger charge is -2.11. The van der Waals surface area contributed by atoms with Gasteiger partial charge in [-0.3, -0.25) is 4.72 Å². The third kappa shape index (κ3) is 3.95. The van der Waals surface area contributed by atoms with E-state index in [1.54, 1.807) is 12.3 Å². The lowest BCUT2D eigenvalue weighted by molar-refractivity contribution is 0.606. The van der Waals surface area contributed by atoms with Crippen molar-refractivity contribution in [1.29, 1.82) is 0 Å². The summed E-state index contributed by atoms with van der Waals surface area (Å²) in [5.74, 6) is -0.222. The van der Waals surface area contributed by atoms with Gasteiger partial charge in [0.1, 0.15) is 12.1 Å². The Morgan fingerprint density at radius 2 is 2.11 bits per heavy atom. The van der Waals surface area contributed by atoms with Crippen LogP contribution in [-0.2, 0) is 10.0 Å². The molecule has 1 N–H and O–H groups in total. The maximum absolute atomic E-state index is 14.2. The highest BCUT2D eigenvalue weighted by molar-refractivity contribution is 7.92. The molecule has 0 aliphatic heterocycles. The lowest BCUT2D eigenvalue weighted by atomic mass is 10.1. The first kappa shape index (κ1) is 18.3. The van der Waals surface area contributed by atoms with Crippen LogP contribution in [-0.4, -0.2) is 29.6 Å². The fourth-order valence-corrected chi connectivity index (χ4v) is 4.75. The van der Waals surface area contributed by atoms with Crippen molar-refractivity contribution in [2.45, 2.75) is 18.8 Å². The minimum absolute atomic E-state index is 0.0243. The van der Waals surface area contributed by atoms with E-state index in [9.17, 15) is 12.8 Å². The highest BCUT2D eigenvalue weighted by atomic mass is 35.5. The summed E-state index contributed by atoms with van der Waals surface area (Å²) in [5, 5.41) is 1.03. The van der Waals surface area contributed by atoms with Gasteiger partial charge in [-0.1, -0.05) is 11.6 Å². The van der Waals surface area contributed by atoms with Crippen molar-refractivity contribution >= 4 is 38.6 Å². The van der Waals surface area contributed by atoms with Crippen LogP contribution < -0.4 is 4.72 Å². The first-order valence-corrected chi connectivity index (χ1v) is 11.1. The van der Waals surface area contributed by atoms with Gasteiger partial charge in [0.05, 0.1) is 38.2 Å². The molecule has 0 radical (unpaired) electrons. The number of nitrogens with one attached hydrogen (secondary N) is 1. The van der Waals surface area contributed by atoms with Crippen molar-refractivity contribution < 1.29 is 12.8 Å². The third-order valence-electron chi connectivity index (χ3n) is 3.97. The fraction of sp³-hybridized carbons (Fsp3) is 0.235. The molecule has 1 aromatic carbocycles. The van der Waals surface area contributed by atoms with Gasteiger partial charge < -0.3 is 0 Å². The second-order valence-electron chi connectivity index (χ2n) is 6.29. The Bertz CT molecular complexity index is 1120. The third-order valence-corrected chi connectivity index (χ3v) is 6.21. The van der Waals surface area contributed by atoms with Crippen molar-refractivity contribution in [3.63, 3.8) is 0 Å². The predicted octanol–water partition coefficient (Wildman–Crippen LogP) is 4.31. The maximum atomic E-state index is 14.2. The average molecular weight is 425 g/mol. The van der Waals surface area contributed by atoms with Crippen LogP contribution >= 0.6 is 22.9 Å². The van der Waals surface area contributed by atoms with Crippen molar-refractivity contribution in [1.82, 2.24) is 15.0 Å². The minimum atomic E-state index is -3.62. The van der Waals surface area contributed by atoms with E-state index in [0.29, 0.717) is 22.9 Å². The molecule has 3 aromatic rings. The van der Waals surface area contributed by atoms with E-state index in [0.717, 1.165) is 35.0 Å². The summed E-state index contributed by atoms with van der Waals surface area (Å²) in [5.41, 5.74) is 1.44. The van der Waals surface area contributed by atoms with Crippen LogP contribution in [0.4, 0.5) is 10.1 Å². The zero-order valence-corrected chi connectivity index (χ0v) is 16.5. The second kappa shape index (κ2) is 6.81. The van der Waals surface area contributed by atoms with E-state index in [1.807, 2.05) is 0 Å². The Balaban J connectivity index is 1.91. The van der Waals surface area contributed by atoms with E-state index in [1.165, 1.54) is 23.7 Å². The molecular weight excluding hydrogens is 411 g/mol. The molecule has 0 atom stereocenters. The summed E-state index contributed by atoms with van der Waals surface area (Å²) in [6.45, 7) is 0. The molecule has 140 valence electrons. The number of aromatic nitrogens is 3. The minimum Gasteiger partial charge on any atom is -0.282 e. The Hall–Kier alpha value is -2.10. The number of anilines is 1. The molecule has 1 fully saturated rings. The van der Waals surface area contributed by atoms with Gasteiger partial charge >= 0.3 is 0 Å². The quantitative estimate of drug-likeness (QED) is 0.659. The lowest BCUT2D eigenvalue weighted by Crippen LogP contribution is -2.10. The molecule has 0 bridgehead atoms. The highest BCUT2D eigenvalue weighted by Gasteiger charge is 2.30. The number of hydrogen-bond acceptors (Lipinski definition) is 6. The highest BCUT2D eigenvalue weighted by Crippen LogP contribution is 2.48. The van der Waals surface area contributed by atoms with Crippen LogP contribution in [0.2, 0.25) is 5.02 Å². The molecule has 0 unspecified atom stereocenters. The van der Waals surface area contributed by atoms with E-state index < -0.39 is 15.8 Å². The van der Waals surface area contributed by atoms with Gasteiger partial charge in [0.25, 0.3) is 0 Å². The molecule has 1 aliphatic rings. The molecule has 2 heterocycles. The number of nitrogens with zero attached hydrogens (tertiary/aromatic N) is 3. The number of thiazole rings is 1. The van der Waals surface area contributed by atoms with Crippen molar-refractivity contribution in [3.8, 4) is 21.8 Å². The molecule has 27 heavy (non-hydrogen) atoms.